The summed E-state index contributed by atoms with van der Waals surface area (Å²) < 4.78 is 1.51. The van der Waals surface area contributed by atoms with Crippen molar-refractivity contribution in [2.24, 2.45) is 5.73 Å². The first-order chi connectivity index (χ1) is 8.19. The van der Waals surface area contributed by atoms with Crippen LogP contribution in [0.15, 0.2) is 6.20 Å². The number of hydrogen-bond acceptors (Lipinski definition) is 5. The molecule has 0 aliphatic carbocycles. The third-order valence-corrected chi connectivity index (χ3v) is 2.44. The number of carbonyl (C=O) groups is 2. The Balaban J connectivity index is 1.92. The van der Waals surface area contributed by atoms with E-state index in [0.717, 1.165) is 0 Å². The maximum Gasteiger partial charge on any atom is 0.273 e. The van der Waals surface area contributed by atoms with Crippen molar-refractivity contribution in [1.82, 2.24) is 25.6 Å². The molecule has 0 radical (unpaired) electrons. The van der Waals surface area contributed by atoms with Gasteiger partial charge in [0.1, 0.15) is 0 Å². The first kappa shape index (κ1) is 11.5. The second kappa shape index (κ2) is 4.91. The van der Waals surface area contributed by atoms with Crippen molar-refractivity contribution >= 4 is 11.8 Å². The Morgan fingerprint density at radius 2 is 2.53 bits per heavy atom. The molecule has 0 bridgehead atoms. The molecular weight excluding hydrogens is 224 g/mol. The van der Waals surface area contributed by atoms with Gasteiger partial charge in [-0.25, -0.2) is 0 Å². The Labute approximate surface area is 97.5 Å². The molecule has 8 heteroatoms. The van der Waals surface area contributed by atoms with Crippen molar-refractivity contribution in [3.8, 4) is 0 Å². The lowest BCUT2D eigenvalue weighted by atomic mass is 10.2. The van der Waals surface area contributed by atoms with Gasteiger partial charge in [0, 0.05) is 19.5 Å². The Morgan fingerprint density at radius 3 is 3.18 bits per heavy atom. The average Bonchev–Trinajstić information content (AvgIpc) is 2.88. The second-order valence-corrected chi connectivity index (χ2v) is 3.83. The van der Waals surface area contributed by atoms with E-state index < -0.39 is 0 Å². The number of nitrogens with zero attached hydrogens (tertiary/aromatic N) is 3. The number of rotatable bonds is 4. The van der Waals surface area contributed by atoms with Crippen molar-refractivity contribution < 1.29 is 9.59 Å². The molecule has 1 saturated heterocycles. The number of nitrogens with two attached hydrogens (primary N) is 1. The van der Waals surface area contributed by atoms with Gasteiger partial charge in [-0.2, -0.15) is 0 Å². The fourth-order valence-corrected chi connectivity index (χ4v) is 1.61. The molecule has 0 aromatic carbocycles. The summed E-state index contributed by atoms with van der Waals surface area (Å²) in [5, 5.41) is 12.8. The normalized spacial score (nSPS) is 19.1. The van der Waals surface area contributed by atoms with Crippen molar-refractivity contribution in [2.75, 3.05) is 13.1 Å². The largest absolute Gasteiger partial charge is 0.354 e. The van der Waals surface area contributed by atoms with E-state index in [2.05, 4.69) is 20.9 Å². The van der Waals surface area contributed by atoms with Crippen LogP contribution in [0.4, 0.5) is 0 Å². The topological polar surface area (TPSA) is 115 Å². The highest BCUT2D eigenvalue weighted by Gasteiger charge is 2.24. The summed E-state index contributed by atoms with van der Waals surface area (Å²) in [6.07, 6.45) is 1.84. The molecular formula is C9H14N6O2. The number of carbonyl (C=O) groups excluding carboxylic acids is 2. The molecule has 1 unspecified atom stereocenters. The van der Waals surface area contributed by atoms with Crippen LogP contribution in [0.25, 0.3) is 0 Å². The van der Waals surface area contributed by atoms with Crippen molar-refractivity contribution in [3.63, 3.8) is 0 Å². The molecule has 1 atom stereocenters. The van der Waals surface area contributed by atoms with Crippen LogP contribution in [0.3, 0.4) is 0 Å². The number of aromatic nitrogens is 3. The summed E-state index contributed by atoms with van der Waals surface area (Å²) in [5.41, 5.74) is 5.59. The van der Waals surface area contributed by atoms with Gasteiger partial charge in [0.2, 0.25) is 5.91 Å². The van der Waals surface area contributed by atoms with E-state index in [1.807, 2.05) is 0 Å². The van der Waals surface area contributed by atoms with E-state index in [0.29, 0.717) is 26.1 Å². The molecule has 92 valence electrons. The Kier molecular flexibility index (Phi) is 3.33. The molecule has 17 heavy (non-hydrogen) atoms. The van der Waals surface area contributed by atoms with E-state index in [4.69, 9.17) is 5.73 Å². The predicted molar refractivity (Wildman–Crippen MR) is 58.0 cm³/mol. The van der Waals surface area contributed by atoms with E-state index in [-0.39, 0.29) is 23.6 Å². The lowest BCUT2D eigenvalue weighted by Gasteiger charge is -2.07. The maximum absolute atomic E-state index is 11.7. The minimum absolute atomic E-state index is 0.0536. The summed E-state index contributed by atoms with van der Waals surface area (Å²) in [7, 11) is 0. The van der Waals surface area contributed by atoms with E-state index >= 15 is 0 Å². The van der Waals surface area contributed by atoms with Crippen molar-refractivity contribution in [1.29, 1.82) is 0 Å². The highest BCUT2D eigenvalue weighted by molar-refractivity contribution is 5.92. The van der Waals surface area contributed by atoms with Gasteiger partial charge in [0.05, 0.1) is 18.8 Å². The van der Waals surface area contributed by atoms with E-state index in [1.54, 1.807) is 0 Å². The molecule has 0 spiro atoms. The predicted octanol–water partition coefficient (Wildman–Crippen LogP) is -2.14. The molecule has 4 N–H and O–H groups in total. The van der Waals surface area contributed by atoms with Gasteiger partial charge in [-0.05, 0) is 0 Å². The Morgan fingerprint density at radius 1 is 1.71 bits per heavy atom. The maximum atomic E-state index is 11.7. The Bertz CT molecular complexity index is 429. The molecule has 2 rings (SSSR count). The van der Waals surface area contributed by atoms with Crippen LogP contribution in [-0.2, 0) is 11.3 Å². The third-order valence-electron chi connectivity index (χ3n) is 2.44. The number of amides is 2. The molecule has 1 aromatic heterocycles. The summed E-state index contributed by atoms with van der Waals surface area (Å²) in [5.74, 6) is -0.378. The van der Waals surface area contributed by atoms with E-state index in [9.17, 15) is 9.59 Å². The number of nitrogens with one attached hydrogen (secondary N) is 2. The van der Waals surface area contributed by atoms with Crippen molar-refractivity contribution in [3.05, 3.63) is 11.9 Å². The minimum Gasteiger partial charge on any atom is -0.354 e. The van der Waals surface area contributed by atoms with Crippen LogP contribution in [0.2, 0.25) is 0 Å². The van der Waals surface area contributed by atoms with Gasteiger partial charge in [0.25, 0.3) is 5.91 Å². The summed E-state index contributed by atoms with van der Waals surface area (Å²) >= 11 is 0. The third kappa shape index (κ3) is 2.78. The van der Waals surface area contributed by atoms with Gasteiger partial charge in [-0.3, -0.25) is 14.3 Å². The molecule has 2 heterocycles. The number of hydrogen-bond donors (Lipinski definition) is 3. The standard InChI is InChI=1S/C9H14N6O2/c10-1-2-15-5-7(13-14-15)9(17)12-6-3-8(16)11-4-6/h5-6H,1-4,10H2,(H,11,16)(H,12,17). The zero-order valence-electron chi connectivity index (χ0n) is 9.22. The molecule has 1 aliphatic heterocycles. The average molecular weight is 238 g/mol. The van der Waals surface area contributed by atoms with Crippen LogP contribution in [-0.4, -0.2) is 45.9 Å². The molecule has 1 fully saturated rings. The van der Waals surface area contributed by atoms with Gasteiger partial charge in [-0.15, -0.1) is 5.10 Å². The summed E-state index contributed by atoms with van der Waals surface area (Å²) in [6, 6.07) is -0.172. The van der Waals surface area contributed by atoms with Crippen LogP contribution in [0.5, 0.6) is 0 Å². The first-order valence-corrected chi connectivity index (χ1v) is 5.37. The lowest BCUT2D eigenvalue weighted by molar-refractivity contribution is -0.119. The monoisotopic (exact) mass is 238 g/mol. The van der Waals surface area contributed by atoms with Crippen LogP contribution in [0.1, 0.15) is 16.9 Å². The highest BCUT2D eigenvalue weighted by atomic mass is 16.2. The molecule has 1 aromatic rings. The van der Waals surface area contributed by atoms with Crippen LogP contribution in [0, 0.1) is 0 Å². The summed E-state index contributed by atoms with van der Waals surface area (Å²) in [4.78, 5) is 22.7. The minimum atomic E-state index is -0.324. The fraction of sp³-hybridized carbons (Fsp3) is 0.556. The zero-order valence-corrected chi connectivity index (χ0v) is 9.22. The molecule has 1 aliphatic rings. The van der Waals surface area contributed by atoms with E-state index in [1.165, 1.54) is 10.9 Å². The quantitative estimate of drug-likeness (QED) is 0.553. The van der Waals surface area contributed by atoms with Crippen LogP contribution < -0.4 is 16.4 Å². The van der Waals surface area contributed by atoms with Crippen LogP contribution >= 0.6 is 0 Å². The molecule has 0 saturated carbocycles. The fourth-order valence-electron chi connectivity index (χ4n) is 1.61. The molecule has 8 nitrogen and oxygen atoms in total. The van der Waals surface area contributed by atoms with Gasteiger partial charge < -0.3 is 16.4 Å². The Hall–Kier alpha value is -1.96. The summed E-state index contributed by atoms with van der Waals surface area (Å²) in [6.45, 7) is 1.41. The smallest absolute Gasteiger partial charge is 0.273 e. The van der Waals surface area contributed by atoms with Gasteiger partial charge in [-0.1, -0.05) is 5.21 Å². The molecule has 2 amide bonds. The first-order valence-electron chi connectivity index (χ1n) is 5.37. The van der Waals surface area contributed by atoms with Gasteiger partial charge in [0.15, 0.2) is 5.69 Å². The zero-order chi connectivity index (χ0) is 12.3. The van der Waals surface area contributed by atoms with Crippen molar-refractivity contribution in [2.45, 2.75) is 19.0 Å². The SMILES string of the molecule is NCCn1cc(C(=O)NC2CNC(=O)C2)nn1. The highest BCUT2D eigenvalue weighted by Crippen LogP contribution is 2.01. The lowest BCUT2D eigenvalue weighted by Crippen LogP contribution is -2.36. The van der Waals surface area contributed by atoms with Gasteiger partial charge >= 0.3 is 0 Å². The second-order valence-electron chi connectivity index (χ2n) is 3.83.